The van der Waals surface area contributed by atoms with Crippen LogP contribution in [0.25, 0.3) is 11.7 Å². The van der Waals surface area contributed by atoms with Crippen molar-refractivity contribution in [2.75, 3.05) is 0 Å². The number of rotatable bonds is 5. The van der Waals surface area contributed by atoms with Crippen LogP contribution in [0.5, 0.6) is 0 Å². The third kappa shape index (κ3) is 3.37. The van der Waals surface area contributed by atoms with Gasteiger partial charge in [0.25, 0.3) is 5.89 Å². The average Bonchev–Trinajstić information content (AvgIpc) is 3.17. The van der Waals surface area contributed by atoms with Gasteiger partial charge in [0.1, 0.15) is 12.4 Å². The topological polar surface area (TPSA) is 90.3 Å². The average molecular weight is 317 g/mol. The normalized spacial score (nSPS) is 10.7. The first-order valence-corrected chi connectivity index (χ1v) is 6.75. The highest BCUT2D eigenvalue weighted by molar-refractivity contribution is 5.75. The first-order chi connectivity index (χ1) is 11.1. The van der Waals surface area contributed by atoms with Gasteiger partial charge < -0.3 is 14.2 Å². The molecule has 0 fully saturated rings. The van der Waals surface area contributed by atoms with Crippen LogP contribution in [-0.2, 0) is 17.9 Å². The third-order valence-electron chi connectivity index (χ3n) is 3.07. The maximum absolute atomic E-state index is 13.4. The maximum Gasteiger partial charge on any atom is 0.437 e. The van der Waals surface area contributed by atoms with Crippen molar-refractivity contribution in [3.63, 3.8) is 0 Å². The quantitative estimate of drug-likeness (QED) is 0.771. The Labute approximate surface area is 129 Å². The molecule has 118 valence electrons. The van der Waals surface area contributed by atoms with E-state index in [2.05, 4.69) is 10.4 Å². The lowest BCUT2D eigenvalue weighted by Crippen LogP contribution is -2.31. The van der Waals surface area contributed by atoms with Crippen LogP contribution in [0.4, 0.5) is 4.39 Å². The molecule has 0 bridgehead atoms. The molecule has 8 heteroatoms. The minimum atomic E-state index is -0.780. The van der Waals surface area contributed by atoms with Gasteiger partial charge >= 0.3 is 5.76 Å². The van der Waals surface area contributed by atoms with Gasteiger partial charge in [-0.15, -0.1) is 5.10 Å². The Morgan fingerprint density at radius 1 is 1.26 bits per heavy atom. The van der Waals surface area contributed by atoms with Crippen molar-refractivity contribution in [3.8, 4) is 11.7 Å². The number of benzene rings is 1. The summed E-state index contributed by atoms with van der Waals surface area (Å²) in [5.74, 6) is -1.41. The van der Waals surface area contributed by atoms with Crippen LogP contribution < -0.4 is 11.1 Å². The van der Waals surface area contributed by atoms with E-state index < -0.39 is 17.5 Å². The Morgan fingerprint density at radius 2 is 2.09 bits per heavy atom. The lowest BCUT2D eigenvalue weighted by molar-refractivity contribution is -0.122. The molecule has 2 aromatic heterocycles. The molecule has 1 N–H and O–H groups in total. The molecular formula is C15H12FN3O4. The second-order valence-electron chi connectivity index (χ2n) is 4.68. The zero-order valence-electron chi connectivity index (χ0n) is 11.9. The lowest BCUT2D eigenvalue weighted by atomic mass is 10.2. The van der Waals surface area contributed by atoms with E-state index in [-0.39, 0.29) is 24.7 Å². The van der Waals surface area contributed by atoms with Crippen LogP contribution in [0.15, 0.2) is 56.3 Å². The molecule has 1 aromatic carbocycles. The molecule has 0 saturated carbocycles. The standard InChI is InChI=1S/C15H12FN3O4/c16-11-5-2-1-4-10(11)8-17-13(20)9-19-15(21)23-14(18-19)12-6-3-7-22-12/h1-7H,8-9H2,(H,17,20). The summed E-state index contributed by atoms with van der Waals surface area (Å²) in [6.45, 7) is -0.319. The fourth-order valence-electron chi connectivity index (χ4n) is 1.93. The fourth-order valence-corrected chi connectivity index (χ4v) is 1.93. The van der Waals surface area contributed by atoms with Crippen LogP contribution in [0.2, 0.25) is 0 Å². The van der Waals surface area contributed by atoms with E-state index >= 15 is 0 Å². The van der Waals surface area contributed by atoms with Gasteiger partial charge in [-0.1, -0.05) is 18.2 Å². The van der Waals surface area contributed by atoms with Crippen LogP contribution >= 0.6 is 0 Å². The Morgan fingerprint density at radius 3 is 2.83 bits per heavy atom. The summed E-state index contributed by atoms with van der Waals surface area (Å²) in [7, 11) is 0. The number of hydrogen-bond acceptors (Lipinski definition) is 5. The van der Waals surface area contributed by atoms with Crippen molar-refractivity contribution < 1.29 is 18.0 Å². The monoisotopic (exact) mass is 317 g/mol. The van der Waals surface area contributed by atoms with E-state index in [1.165, 1.54) is 12.3 Å². The van der Waals surface area contributed by atoms with Gasteiger partial charge in [0.05, 0.1) is 6.26 Å². The lowest BCUT2D eigenvalue weighted by Gasteiger charge is -2.05. The van der Waals surface area contributed by atoms with Crippen LogP contribution in [-0.4, -0.2) is 15.7 Å². The van der Waals surface area contributed by atoms with Crippen molar-refractivity contribution >= 4 is 5.91 Å². The molecule has 7 nitrogen and oxygen atoms in total. The summed E-state index contributed by atoms with van der Waals surface area (Å²) in [4.78, 5) is 23.5. The van der Waals surface area contributed by atoms with E-state index in [0.29, 0.717) is 5.56 Å². The molecule has 0 radical (unpaired) electrons. The minimum absolute atomic E-state index is 0.0121. The molecule has 0 atom stereocenters. The number of furan rings is 1. The Hall–Kier alpha value is -3.16. The molecule has 23 heavy (non-hydrogen) atoms. The number of halogens is 1. The highest BCUT2D eigenvalue weighted by Crippen LogP contribution is 2.14. The number of nitrogens with zero attached hydrogens (tertiary/aromatic N) is 2. The van der Waals surface area contributed by atoms with E-state index in [0.717, 1.165) is 4.68 Å². The number of carbonyl (C=O) groups is 1. The second-order valence-corrected chi connectivity index (χ2v) is 4.68. The molecule has 0 aliphatic carbocycles. The first kappa shape index (κ1) is 14.8. The first-order valence-electron chi connectivity index (χ1n) is 6.75. The predicted octanol–water partition coefficient (Wildman–Crippen LogP) is 1.55. The van der Waals surface area contributed by atoms with Crippen molar-refractivity contribution in [2.24, 2.45) is 0 Å². The van der Waals surface area contributed by atoms with E-state index in [4.69, 9.17) is 8.83 Å². The number of aromatic nitrogens is 2. The van der Waals surface area contributed by atoms with Crippen molar-refractivity contribution in [3.05, 3.63) is 64.6 Å². The molecule has 3 aromatic rings. The molecule has 0 spiro atoms. The molecule has 1 amide bonds. The Kier molecular flexibility index (Phi) is 4.05. The van der Waals surface area contributed by atoms with Crippen LogP contribution in [0, 0.1) is 5.82 Å². The summed E-state index contributed by atoms with van der Waals surface area (Å²) in [5, 5.41) is 6.39. The highest BCUT2D eigenvalue weighted by Gasteiger charge is 2.15. The summed E-state index contributed by atoms with van der Waals surface area (Å²) < 4.78 is 24.3. The zero-order chi connectivity index (χ0) is 16.2. The molecule has 0 aliphatic heterocycles. The molecule has 2 heterocycles. The van der Waals surface area contributed by atoms with Gasteiger partial charge in [0.15, 0.2) is 5.76 Å². The fraction of sp³-hybridized carbons (Fsp3) is 0.133. The Balaban J connectivity index is 1.64. The van der Waals surface area contributed by atoms with Gasteiger partial charge in [0.2, 0.25) is 5.91 Å². The predicted molar refractivity (Wildman–Crippen MR) is 76.7 cm³/mol. The SMILES string of the molecule is O=C(Cn1nc(-c2ccco2)oc1=O)NCc1ccccc1F. The summed E-state index contributed by atoms with van der Waals surface area (Å²) in [5.41, 5.74) is 0.352. The minimum Gasteiger partial charge on any atom is -0.459 e. The van der Waals surface area contributed by atoms with Gasteiger partial charge in [0, 0.05) is 12.1 Å². The molecule has 0 saturated heterocycles. The highest BCUT2D eigenvalue weighted by atomic mass is 19.1. The van der Waals surface area contributed by atoms with Crippen molar-refractivity contribution in [2.45, 2.75) is 13.1 Å². The van der Waals surface area contributed by atoms with Gasteiger partial charge in [-0.2, -0.15) is 4.68 Å². The number of nitrogens with one attached hydrogen (secondary N) is 1. The molecule has 0 aliphatic rings. The number of carbonyl (C=O) groups excluding carboxylic acids is 1. The van der Waals surface area contributed by atoms with Gasteiger partial charge in [-0.25, -0.2) is 9.18 Å². The third-order valence-corrected chi connectivity index (χ3v) is 3.07. The van der Waals surface area contributed by atoms with Crippen molar-refractivity contribution in [1.82, 2.24) is 15.1 Å². The van der Waals surface area contributed by atoms with E-state index in [1.54, 1.807) is 30.3 Å². The molecule has 0 unspecified atom stereocenters. The number of hydrogen-bond donors (Lipinski definition) is 1. The molecular weight excluding hydrogens is 305 g/mol. The smallest absolute Gasteiger partial charge is 0.437 e. The van der Waals surface area contributed by atoms with E-state index in [9.17, 15) is 14.0 Å². The second kappa shape index (κ2) is 6.30. The van der Waals surface area contributed by atoms with Gasteiger partial charge in [-0.05, 0) is 18.2 Å². The summed E-state index contributed by atoms with van der Waals surface area (Å²) in [6, 6.07) is 9.30. The largest absolute Gasteiger partial charge is 0.459 e. The summed E-state index contributed by atoms with van der Waals surface area (Å²) in [6.07, 6.45) is 1.41. The Bertz CT molecular complexity index is 867. The van der Waals surface area contributed by atoms with Crippen molar-refractivity contribution in [1.29, 1.82) is 0 Å². The van der Waals surface area contributed by atoms with Crippen LogP contribution in [0.3, 0.4) is 0 Å². The van der Waals surface area contributed by atoms with E-state index in [1.807, 2.05) is 0 Å². The van der Waals surface area contributed by atoms with Gasteiger partial charge in [-0.3, -0.25) is 4.79 Å². The maximum atomic E-state index is 13.4. The van der Waals surface area contributed by atoms with Crippen LogP contribution in [0.1, 0.15) is 5.56 Å². The molecule has 3 rings (SSSR count). The zero-order valence-corrected chi connectivity index (χ0v) is 11.9. The number of amides is 1. The summed E-state index contributed by atoms with van der Waals surface area (Å²) >= 11 is 0.